The number of hydrogen-bond donors (Lipinski definition) is 1. The molecular formula is C15H23F2NO. The fourth-order valence-corrected chi connectivity index (χ4v) is 2.30. The lowest BCUT2D eigenvalue weighted by molar-refractivity contribution is -0.0534. The van der Waals surface area contributed by atoms with Gasteiger partial charge in [0.25, 0.3) is 0 Å². The summed E-state index contributed by atoms with van der Waals surface area (Å²) in [5.74, 6) is -1.62. The summed E-state index contributed by atoms with van der Waals surface area (Å²) in [5.41, 5.74) is 0.437. The van der Waals surface area contributed by atoms with Gasteiger partial charge in [-0.25, -0.2) is 8.78 Å². The van der Waals surface area contributed by atoms with Crippen LogP contribution in [0, 0.1) is 11.6 Å². The van der Waals surface area contributed by atoms with Crippen molar-refractivity contribution >= 4 is 0 Å². The Balaban J connectivity index is 2.88. The quantitative estimate of drug-likeness (QED) is 0.821. The summed E-state index contributed by atoms with van der Waals surface area (Å²) in [4.78, 5) is 0. The monoisotopic (exact) mass is 271 g/mol. The highest BCUT2D eigenvalue weighted by atomic mass is 19.2. The normalized spacial score (nSPS) is 16.1. The largest absolute Gasteiger partial charge is 0.374 e. The Hall–Kier alpha value is -1.00. The van der Waals surface area contributed by atoms with Crippen LogP contribution in [0.25, 0.3) is 0 Å². The van der Waals surface area contributed by atoms with Crippen LogP contribution < -0.4 is 5.32 Å². The second-order valence-electron chi connectivity index (χ2n) is 4.89. The first-order valence-corrected chi connectivity index (χ1v) is 6.72. The van der Waals surface area contributed by atoms with Crippen LogP contribution in [0.5, 0.6) is 0 Å². The highest BCUT2D eigenvalue weighted by molar-refractivity contribution is 5.19. The van der Waals surface area contributed by atoms with Crippen LogP contribution >= 0.6 is 0 Å². The molecule has 0 aromatic heterocycles. The molecule has 0 fully saturated rings. The van der Waals surface area contributed by atoms with Crippen LogP contribution in [0.4, 0.5) is 8.78 Å². The molecular weight excluding hydrogens is 248 g/mol. The predicted molar refractivity (Wildman–Crippen MR) is 73.2 cm³/mol. The fraction of sp³-hybridized carbons (Fsp3) is 0.600. The molecule has 0 radical (unpaired) electrons. The van der Waals surface area contributed by atoms with E-state index in [-0.39, 0.29) is 11.6 Å². The Morgan fingerprint density at radius 1 is 1.26 bits per heavy atom. The van der Waals surface area contributed by atoms with Crippen molar-refractivity contribution in [1.82, 2.24) is 5.32 Å². The van der Waals surface area contributed by atoms with Gasteiger partial charge in [-0.3, -0.25) is 0 Å². The molecule has 1 rings (SSSR count). The van der Waals surface area contributed by atoms with Gasteiger partial charge in [-0.05, 0) is 51.4 Å². The molecule has 1 N–H and O–H groups in total. The van der Waals surface area contributed by atoms with E-state index >= 15 is 0 Å². The van der Waals surface area contributed by atoms with Crippen LogP contribution in [-0.4, -0.2) is 25.3 Å². The van der Waals surface area contributed by atoms with Gasteiger partial charge in [-0.15, -0.1) is 0 Å². The highest BCUT2D eigenvalue weighted by Gasteiger charge is 2.32. The number of ether oxygens (including phenoxy) is 1. The van der Waals surface area contributed by atoms with Gasteiger partial charge < -0.3 is 10.1 Å². The van der Waals surface area contributed by atoms with Crippen molar-refractivity contribution in [2.75, 3.05) is 13.7 Å². The zero-order chi connectivity index (χ0) is 14.5. The molecule has 19 heavy (non-hydrogen) atoms. The molecule has 0 saturated heterocycles. The summed E-state index contributed by atoms with van der Waals surface area (Å²) in [6.45, 7) is 6.68. The molecule has 0 aliphatic carbocycles. The van der Waals surface area contributed by atoms with Crippen molar-refractivity contribution in [1.29, 1.82) is 0 Å². The van der Waals surface area contributed by atoms with E-state index in [1.807, 2.05) is 20.9 Å². The minimum Gasteiger partial charge on any atom is -0.374 e. The maximum atomic E-state index is 13.2. The summed E-state index contributed by atoms with van der Waals surface area (Å²) in [5, 5.41) is 3.22. The third kappa shape index (κ3) is 3.98. The van der Waals surface area contributed by atoms with Gasteiger partial charge in [0.15, 0.2) is 11.6 Å². The van der Waals surface area contributed by atoms with Crippen molar-refractivity contribution in [2.24, 2.45) is 0 Å². The third-order valence-electron chi connectivity index (χ3n) is 3.69. The third-order valence-corrected chi connectivity index (χ3v) is 3.69. The predicted octanol–water partition coefficient (Wildman–Crippen LogP) is 3.30. The summed E-state index contributed by atoms with van der Waals surface area (Å²) < 4.78 is 32.0. The van der Waals surface area contributed by atoms with Crippen molar-refractivity contribution < 1.29 is 13.5 Å². The Kier molecular flexibility index (Phi) is 5.88. The second kappa shape index (κ2) is 6.96. The molecule has 2 atom stereocenters. The summed E-state index contributed by atoms with van der Waals surface area (Å²) in [6.07, 6.45) is 1.44. The average Bonchev–Trinajstić information content (AvgIpc) is 2.40. The van der Waals surface area contributed by atoms with E-state index in [1.165, 1.54) is 12.1 Å². The number of likely N-dealkylation sites (N-methyl/N-ethyl adjacent to an activating group) is 1. The van der Waals surface area contributed by atoms with E-state index in [0.717, 1.165) is 12.0 Å². The van der Waals surface area contributed by atoms with Crippen LogP contribution in [0.2, 0.25) is 0 Å². The first-order valence-electron chi connectivity index (χ1n) is 6.72. The molecule has 0 saturated carbocycles. The molecule has 0 bridgehead atoms. The van der Waals surface area contributed by atoms with Crippen LogP contribution in [0.1, 0.15) is 32.8 Å². The molecule has 0 amide bonds. The molecule has 0 spiro atoms. The van der Waals surface area contributed by atoms with E-state index in [0.29, 0.717) is 13.0 Å². The SMILES string of the molecule is CCOC(C)(CC)C(Cc1ccc(F)c(F)c1)NC. The van der Waals surface area contributed by atoms with Gasteiger partial charge in [0, 0.05) is 12.6 Å². The van der Waals surface area contributed by atoms with Gasteiger partial charge in [0.2, 0.25) is 0 Å². The van der Waals surface area contributed by atoms with Gasteiger partial charge in [-0.2, -0.15) is 0 Å². The topological polar surface area (TPSA) is 21.3 Å². The first-order chi connectivity index (χ1) is 8.96. The summed E-state index contributed by atoms with van der Waals surface area (Å²) >= 11 is 0. The highest BCUT2D eigenvalue weighted by Crippen LogP contribution is 2.23. The average molecular weight is 271 g/mol. The Morgan fingerprint density at radius 3 is 2.42 bits per heavy atom. The van der Waals surface area contributed by atoms with E-state index in [4.69, 9.17) is 4.74 Å². The minimum absolute atomic E-state index is 0.0438. The summed E-state index contributed by atoms with van der Waals surface area (Å²) in [7, 11) is 1.86. The van der Waals surface area contributed by atoms with Gasteiger partial charge in [-0.1, -0.05) is 13.0 Å². The fourth-order valence-electron chi connectivity index (χ4n) is 2.30. The molecule has 1 aromatic rings. The van der Waals surface area contributed by atoms with Gasteiger partial charge >= 0.3 is 0 Å². The number of hydrogen-bond acceptors (Lipinski definition) is 2. The molecule has 2 nitrogen and oxygen atoms in total. The Morgan fingerprint density at radius 2 is 1.95 bits per heavy atom. The van der Waals surface area contributed by atoms with Crippen LogP contribution in [-0.2, 0) is 11.2 Å². The van der Waals surface area contributed by atoms with Crippen molar-refractivity contribution in [3.63, 3.8) is 0 Å². The standard InChI is InChI=1S/C15H23F2NO/c1-5-15(3,19-6-2)14(18-4)10-11-7-8-12(16)13(17)9-11/h7-9,14,18H,5-6,10H2,1-4H3. The first kappa shape index (κ1) is 16.1. The smallest absolute Gasteiger partial charge is 0.159 e. The van der Waals surface area contributed by atoms with E-state index in [2.05, 4.69) is 12.2 Å². The number of rotatable bonds is 7. The molecule has 2 unspecified atom stereocenters. The van der Waals surface area contributed by atoms with E-state index in [1.54, 1.807) is 6.07 Å². The second-order valence-corrected chi connectivity index (χ2v) is 4.89. The van der Waals surface area contributed by atoms with Crippen LogP contribution in [0.3, 0.4) is 0 Å². The maximum absolute atomic E-state index is 13.2. The molecule has 0 aliphatic heterocycles. The number of nitrogens with one attached hydrogen (secondary N) is 1. The van der Waals surface area contributed by atoms with E-state index in [9.17, 15) is 8.78 Å². The van der Waals surface area contributed by atoms with Crippen molar-refractivity contribution in [3.8, 4) is 0 Å². The molecule has 0 heterocycles. The number of benzene rings is 1. The molecule has 1 aromatic carbocycles. The zero-order valence-electron chi connectivity index (χ0n) is 12.1. The van der Waals surface area contributed by atoms with Crippen LogP contribution in [0.15, 0.2) is 18.2 Å². The van der Waals surface area contributed by atoms with Crippen molar-refractivity contribution in [2.45, 2.75) is 45.3 Å². The van der Waals surface area contributed by atoms with Gasteiger partial charge in [0.05, 0.1) is 5.60 Å². The minimum atomic E-state index is -0.812. The zero-order valence-corrected chi connectivity index (χ0v) is 12.1. The summed E-state index contributed by atoms with van der Waals surface area (Å²) in [6, 6.07) is 4.08. The molecule has 0 aliphatic rings. The lowest BCUT2D eigenvalue weighted by atomic mass is 9.88. The lowest BCUT2D eigenvalue weighted by Gasteiger charge is -2.37. The lowest BCUT2D eigenvalue weighted by Crippen LogP contribution is -2.50. The van der Waals surface area contributed by atoms with E-state index < -0.39 is 11.6 Å². The molecule has 108 valence electrons. The maximum Gasteiger partial charge on any atom is 0.159 e. The molecule has 4 heteroatoms. The Bertz CT molecular complexity index is 411. The Labute approximate surface area is 114 Å². The number of halogens is 2. The van der Waals surface area contributed by atoms with Gasteiger partial charge in [0.1, 0.15) is 0 Å². The van der Waals surface area contributed by atoms with Crippen molar-refractivity contribution in [3.05, 3.63) is 35.4 Å².